The summed E-state index contributed by atoms with van der Waals surface area (Å²) in [5.74, 6) is -12.7. The standard InChI is InChI=1S/C24H33F3N4O6.2C2HF3O2/c1-3-4-5-19(23(34)35)29-12(2)22(33)31-11-15(9-20(31)24(36)37)30-21(32)8-14(28)6-13-7-17(26)18(27)10-16(13)25;2*3-2(4,5)1(6)7/h7,10,12,14-15,19-20,29H,3-6,8-9,11,28H2,1-2H3,(H,30,32)(H,34,35)(H,36,37);2*(H,6,7)/t12-,14+,15-,19-,20-;;/m0../s1. The van der Waals surface area contributed by atoms with Crippen molar-refractivity contribution >= 4 is 35.7 Å². The van der Waals surface area contributed by atoms with Crippen LogP contribution in [0, 0.1) is 17.5 Å². The Labute approximate surface area is 282 Å². The maximum atomic E-state index is 13.8. The lowest BCUT2D eigenvalue weighted by Crippen LogP contribution is -2.53. The topological polar surface area (TPSA) is 237 Å². The molecule has 1 aromatic carbocycles. The number of carbonyl (C=O) groups is 6. The van der Waals surface area contributed by atoms with Gasteiger partial charge in [0.05, 0.1) is 6.04 Å². The van der Waals surface area contributed by atoms with E-state index in [-0.39, 0.29) is 31.4 Å². The lowest BCUT2D eigenvalue weighted by atomic mass is 10.0. The van der Waals surface area contributed by atoms with Gasteiger partial charge in [0.2, 0.25) is 11.8 Å². The van der Waals surface area contributed by atoms with E-state index in [9.17, 15) is 68.9 Å². The molecule has 0 spiro atoms. The molecule has 1 saturated heterocycles. The third kappa shape index (κ3) is 16.7. The number of likely N-dealkylation sites (tertiary alicyclic amines) is 1. The Bertz CT molecular complexity index is 1370. The molecule has 0 saturated carbocycles. The zero-order valence-electron chi connectivity index (χ0n) is 26.7. The van der Waals surface area contributed by atoms with Crippen LogP contribution in [-0.4, -0.2) is 110 Å². The fourth-order valence-corrected chi connectivity index (χ4v) is 4.33. The van der Waals surface area contributed by atoms with Gasteiger partial charge < -0.3 is 36.4 Å². The Morgan fingerprint density at radius 3 is 1.82 bits per heavy atom. The number of nitrogens with two attached hydrogens (primary N) is 1. The molecule has 0 radical (unpaired) electrons. The number of rotatable bonds is 13. The first-order valence-electron chi connectivity index (χ1n) is 14.5. The second kappa shape index (κ2) is 20.2. The van der Waals surface area contributed by atoms with Gasteiger partial charge in [0.25, 0.3) is 0 Å². The lowest BCUT2D eigenvalue weighted by Gasteiger charge is -2.27. The van der Waals surface area contributed by atoms with Crippen molar-refractivity contribution in [3.63, 3.8) is 0 Å². The summed E-state index contributed by atoms with van der Waals surface area (Å²) in [6, 6.07) is -3.76. The molecule has 290 valence electrons. The Balaban J connectivity index is 0.00000149. The van der Waals surface area contributed by atoms with Gasteiger partial charge in [-0.15, -0.1) is 0 Å². The highest BCUT2D eigenvalue weighted by Crippen LogP contribution is 2.21. The van der Waals surface area contributed by atoms with E-state index in [4.69, 9.17) is 25.5 Å². The molecule has 8 N–H and O–H groups in total. The van der Waals surface area contributed by atoms with Crippen molar-refractivity contribution in [3.8, 4) is 0 Å². The van der Waals surface area contributed by atoms with Gasteiger partial charge in [-0.05, 0) is 31.4 Å². The van der Waals surface area contributed by atoms with Gasteiger partial charge in [0, 0.05) is 37.5 Å². The van der Waals surface area contributed by atoms with Gasteiger partial charge in [0.15, 0.2) is 11.6 Å². The second-order valence-corrected chi connectivity index (χ2v) is 10.9. The quantitative estimate of drug-likeness (QED) is 0.114. The molecule has 1 heterocycles. The molecule has 51 heavy (non-hydrogen) atoms. The van der Waals surface area contributed by atoms with Crippen molar-refractivity contribution in [1.82, 2.24) is 15.5 Å². The van der Waals surface area contributed by atoms with Crippen LogP contribution in [0.15, 0.2) is 12.1 Å². The SMILES string of the molecule is CCCC[C@H](N[C@@H](C)C(=O)N1C[C@@H](NC(=O)C[C@H](N)Cc2cc(F)c(F)cc2F)C[C@H]1C(=O)O)C(=O)O.O=C(O)C(F)(F)F.O=C(O)C(F)(F)F. The van der Waals surface area contributed by atoms with Gasteiger partial charge in [-0.25, -0.2) is 27.6 Å². The maximum Gasteiger partial charge on any atom is 0.490 e. The number of carbonyl (C=O) groups excluding carboxylic acids is 2. The third-order valence-electron chi connectivity index (χ3n) is 6.70. The Morgan fingerprint density at radius 1 is 0.902 bits per heavy atom. The van der Waals surface area contributed by atoms with Gasteiger partial charge in [-0.2, -0.15) is 26.3 Å². The number of hydrogen-bond donors (Lipinski definition) is 7. The Hall–Kier alpha value is -4.67. The van der Waals surface area contributed by atoms with E-state index in [0.29, 0.717) is 25.0 Å². The number of nitrogens with zero attached hydrogens (tertiary/aromatic N) is 1. The number of aliphatic carboxylic acids is 4. The number of unbranched alkanes of at least 4 members (excludes halogenated alkanes) is 1. The zero-order chi connectivity index (χ0) is 40.0. The average molecular weight is 759 g/mol. The van der Waals surface area contributed by atoms with Crippen molar-refractivity contribution in [2.75, 3.05) is 6.54 Å². The number of alkyl halides is 6. The smallest absolute Gasteiger partial charge is 0.480 e. The Morgan fingerprint density at radius 2 is 1.39 bits per heavy atom. The Kier molecular flexibility index (Phi) is 18.4. The van der Waals surface area contributed by atoms with E-state index >= 15 is 0 Å². The summed E-state index contributed by atoms with van der Waals surface area (Å²) in [6.45, 7) is 3.23. The van der Waals surface area contributed by atoms with E-state index < -0.39 is 95.7 Å². The average Bonchev–Trinajstić information content (AvgIpc) is 3.40. The molecule has 0 aliphatic carbocycles. The highest BCUT2D eigenvalue weighted by molar-refractivity contribution is 5.88. The number of halogens is 9. The summed E-state index contributed by atoms with van der Waals surface area (Å²) in [5, 5.41) is 38.6. The van der Waals surface area contributed by atoms with E-state index in [1.807, 2.05) is 6.92 Å². The number of carboxylic acids is 4. The predicted octanol–water partition coefficient (Wildman–Crippen LogP) is 2.42. The number of nitrogens with one attached hydrogen (secondary N) is 2. The third-order valence-corrected chi connectivity index (χ3v) is 6.70. The molecule has 2 amide bonds. The molecular weight excluding hydrogens is 723 g/mol. The second-order valence-electron chi connectivity index (χ2n) is 10.9. The molecule has 2 rings (SSSR count). The zero-order valence-corrected chi connectivity index (χ0v) is 26.7. The first-order valence-corrected chi connectivity index (χ1v) is 14.5. The summed E-state index contributed by atoms with van der Waals surface area (Å²) in [6.07, 6.45) is -9.09. The van der Waals surface area contributed by atoms with Crippen LogP contribution in [0.5, 0.6) is 0 Å². The fraction of sp³-hybridized carbons (Fsp3) is 0.571. The van der Waals surface area contributed by atoms with Crippen LogP contribution in [-0.2, 0) is 35.2 Å². The van der Waals surface area contributed by atoms with Crippen molar-refractivity contribution in [2.24, 2.45) is 5.73 Å². The van der Waals surface area contributed by atoms with E-state index in [2.05, 4.69) is 10.6 Å². The molecule has 0 unspecified atom stereocenters. The van der Waals surface area contributed by atoms with Gasteiger partial charge >= 0.3 is 36.2 Å². The normalized spacial score (nSPS) is 17.5. The first kappa shape index (κ1) is 46.3. The summed E-state index contributed by atoms with van der Waals surface area (Å²) < 4.78 is 104. The highest BCUT2D eigenvalue weighted by Gasteiger charge is 2.42. The maximum absolute atomic E-state index is 13.8. The summed E-state index contributed by atoms with van der Waals surface area (Å²) in [7, 11) is 0. The summed E-state index contributed by atoms with van der Waals surface area (Å²) >= 11 is 0. The molecule has 14 nitrogen and oxygen atoms in total. The lowest BCUT2D eigenvalue weighted by molar-refractivity contribution is -0.193. The minimum atomic E-state index is -5.08. The van der Waals surface area contributed by atoms with Crippen LogP contribution < -0.4 is 16.4 Å². The monoisotopic (exact) mass is 758 g/mol. The van der Waals surface area contributed by atoms with Crippen molar-refractivity contribution in [1.29, 1.82) is 0 Å². The van der Waals surface area contributed by atoms with Crippen molar-refractivity contribution < 1.29 is 88.7 Å². The molecular formula is C28H35F9N4O10. The highest BCUT2D eigenvalue weighted by atomic mass is 19.4. The summed E-state index contributed by atoms with van der Waals surface area (Å²) in [5.41, 5.74) is 5.68. The molecule has 0 aromatic heterocycles. The van der Waals surface area contributed by atoms with Gasteiger partial charge in [0.1, 0.15) is 17.9 Å². The number of carboxylic acid groups (broad SMARTS) is 4. The first-order chi connectivity index (χ1) is 23.2. The van der Waals surface area contributed by atoms with Crippen LogP contribution in [0.1, 0.15) is 51.5 Å². The van der Waals surface area contributed by atoms with Crippen molar-refractivity contribution in [3.05, 3.63) is 35.1 Å². The van der Waals surface area contributed by atoms with E-state index in [1.54, 1.807) is 0 Å². The molecule has 1 aliphatic rings. The number of hydrogen-bond acceptors (Lipinski definition) is 8. The molecule has 23 heteroatoms. The minimum Gasteiger partial charge on any atom is -0.480 e. The number of amides is 2. The van der Waals surface area contributed by atoms with Crippen LogP contribution in [0.25, 0.3) is 0 Å². The molecule has 1 fully saturated rings. The predicted molar refractivity (Wildman–Crippen MR) is 153 cm³/mol. The minimum absolute atomic E-state index is 0.0786. The molecule has 1 aliphatic heterocycles. The van der Waals surface area contributed by atoms with Gasteiger partial charge in [-0.1, -0.05) is 19.8 Å². The fourth-order valence-electron chi connectivity index (χ4n) is 4.33. The molecule has 5 atom stereocenters. The largest absolute Gasteiger partial charge is 0.490 e. The molecule has 0 bridgehead atoms. The van der Waals surface area contributed by atoms with E-state index in [0.717, 1.165) is 11.3 Å². The van der Waals surface area contributed by atoms with Crippen LogP contribution >= 0.6 is 0 Å². The number of benzene rings is 1. The van der Waals surface area contributed by atoms with Crippen LogP contribution in [0.3, 0.4) is 0 Å². The summed E-state index contributed by atoms with van der Waals surface area (Å²) in [4.78, 5) is 67.6. The van der Waals surface area contributed by atoms with Crippen LogP contribution in [0.4, 0.5) is 39.5 Å². The van der Waals surface area contributed by atoms with Crippen molar-refractivity contribution in [2.45, 2.75) is 94.9 Å². The van der Waals surface area contributed by atoms with E-state index in [1.165, 1.54) is 6.92 Å². The van der Waals surface area contributed by atoms with Gasteiger partial charge in [-0.3, -0.25) is 19.7 Å². The molecule has 1 aromatic rings. The van der Waals surface area contributed by atoms with Crippen LogP contribution in [0.2, 0.25) is 0 Å².